The molecular formula is C13H20N2O3S. The van der Waals surface area contributed by atoms with Crippen LogP contribution >= 0.6 is 0 Å². The van der Waals surface area contributed by atoms with Crippen LogP contribution in [0.15, 0.2) is 29.2 Å². The van der Waals surface area contributed by atoms with Crippen LogP contribution in [0.3, 0.4) is 0 Å². The predicted molar refractivity (Wildman–Crippen MR) is 73.8 cm³/mol. The van der Waals surface area contributed by atoms with Gasteiger partial charge in [-0.3, -0.25) is 0 Å². The molecule has 1 aromatic carbocycles. The van der Waals surface area contributed by atoms with Crippen LogP contribution < -0.4 is 10.1 Å². The van der Waals surface area contributed by atoms with E-state index in [-0.39, 0.29) is 17.0 Å². The molecule has 1 heterocycles. The van der Waals surface area contributed by atoms with Gasteiger partial charge in [-0.1, -0.05) is 12.1 Å². The summed E-state index contributed by atoms with van der Waals surface area (Å²) in [5, 5.41) is 3.32. The summed E-state index contributed by atoms with van der Waals surface area (Å²) in [6, 6.07) is 7.03. The zero-order valence-electron chi connectivity index (χ0n) is 11.5. The largest absolute Gasteiger partial charge is 0.495 e. The van der Waals surface area contributed by atoms with Crippen molar-refractivity contribution in [3.63, 3.8) is 0 Å². The molecule has 1 fully saturated rings. The summed E-state index contributed by atoms with van der Waals surface area (Å²) in [5.74, 6) is 0.390. The number of sulfonamides is 1. The molecule has 0 radical (unpaired) electrons. The molecule has 1 aliphatic rings. The van der Waals surface area contributed by atoms with E-state index in [1.165, 1.54) is 11.4 Å². The lowest BCUT2D eigenvalue weighted by Crippen LogP contribution is -2.55. The second kappa shape index (κ2) is 5.48. The minimum atomic E-state index is -3.50. The molecule has 19 heavy (non-hydrogen) atoms. The molecular weight excluding hydrogens is 264 g/mol. The van der Waals surface area contributed by atoms with Crippen molar-refractivity contribution >= 4 is 10.0 Å². The smallest absolute Gasteiger partial charge is 0.246 e. The lowest BCUT2D eigenvalue weighted by atomic mass is 10.2. The summed E-state index contributed by atoms with van der Waals surface area (Å²) in [6.07, 6.45) is 0. The van der Waals surface area contributed by atoms with E-state index in [1.54, 1.807) is 24.3 Å². The Labute approximate surface area is 114 Å². The molecule has 2 unspecified atom stereocenters. The van der Waals surface area contributed by atoms with Gasteiger partial charge in [0.05, 0.1) is 7.11 Å². The van der Waals surface area contributed by atoms with Gasteiger partial charge in [0.1, 0.15) is 10.6 Å². The minimum absolute atomic E-state index is 0.147. The number of nitrogens with one attached hydrogen (secondary N) is 1. The molecule has 0 aromatic heterocycles. The van der Waals surface area contributed by atoms with Crippen LogP contribution in [-0.4, -0.2) is 45.0 Å². The van der Waals surface area contributed by atoms with E-state index in [2.05, 4.69) is 5.32 Å². The Bertz CT molecular complexity index is 535. The Balaban J connectivity index is 2.36. The van der Waals surface area contributed by atoms with Crippen LogP contribution in [0.2, 0.25) is 0 Å². The molecule has 0 amide bonds. The maximum Gasteiger partial charge on any atom is 0.246 e. The van der Waals surface area contributed by atoms with Crippen LogP contribution in [0.4, 0.5) is 0 Å². The Morgan fingerprint density at radius 2 is 1.79 bits per heavy atom. The third-order valence-electron chi connectivity index (χ3n) is 3.21. The van der Waals surface area contributed by atoms with Gasteiger partial charge in [-0.05, 0) is 26.0 Å². The van der Waals surface area contributed by atoms with E-state index in [1.807, 2.05) is 13.8 Å². The van der Waals surface area contributed by atoms with E-state index in [0.29, 0.717) is 18.8 Å². The summed E-state index contributed by atoms with van der Waals surface area (Å²) in [5.41, 5.74) is 0. The van der Waals surface area contributed by atoms with Crippen molar-refractivity contribution < 1.29 is 13.2 Å². The first-order valence-corrected chi connectivity index (χ1v) is 7.78. The van der Waals surface area contributed by atoms with Crippen molar-refractivity contribution in [2.45, 2.75) is 30.8 Å². The molecule has 0 aliphatic carbocycles. The highest BCUT2D eigenvalue weighted by atomic mass is 32.2. The number of hydrogen-bond donors (Lipinski definition) is 1. The van der Waals surface area contributed by atoms with Gasteiger partial charge in [-0.15, -0.1) is 0 Å². The monoisotopic (exact) mass is 284 g/mol. The summed E-state index contributed by atoms with van der Waals surface area (Å²) in [6.45, 7) is 4.93. The number of rotatable bonds is 3. The number of hydrogen-bond acceptors (Lipinski definition) is 4. The lowest BCUT2D eigenvalue weighted by molar-refractivity contribution is 0.262. The summed E-state index contributed by atoms with van der Waals surface area (Å²) < 4.78 is 32.0. The summed E-state index contributed by atoms with van der Waals surface area (Å²) in [4.78, 5) is 0.235. The SMILES string of the molecule is COc1ccccc1S(=O)(=O)N1CC(C)NC(C)C1. The second-order valence-corrected chi connectivity index (χ2v) is 6.85. The summed E-state index contributed by atoms with van der Waals surface area (Å²) >= 11 is 0. The Kier molecular flexibility index (Phi) is 4.13. The van der Waals surface area contributed by atoms with Crippen LogP contribution in [-0.2, 0) is 10.0 Å². The van der Waals surface area contributed by atoms with E-state index in [4.69, 9.17) is 4.74 Å². The van der Waals surface area contributed by atoms with Gasteiger partial charge in [0.25, 0.3) is 0 Å². The molecule has 1 aliphatic heterocycles. The number of methoxy groups -OCH3 is 1. The van der Waals surface area contributed by atoms with Gasteiger partial charge in [-0.25, -0.2) is 8.42 Å². The molecule has 2 rings (SSSR count). The molecule has 0 spiro atoms. The zero-order valence-corrected chi connectivity index (χ0v) is 12.3. The number of nitrogens with zero attached hydrogens (tertiary/aromatic N) is 1. The van der Waals surface area contributed by atoms with E-state index >= 15 is 0 Å². The number of para-hydroxylation sites is 1. The predicted octanol–water partition coefficient (Wildman–Crippen LogP) is 1.07. The Morgan fingerprint density at radius 3 is 2.37 bits per heavy atom. The van der Waals surface area contributed by atoms with Crippen molar-refractivity contribution in [3.05, 3.63) is 24.3 Å². The fourth-order valence-electron chi connectivity index (χ4n) is 2.44. The zero-order chi connectivity index (χ0) is 14.0. The van der Waals surface area contributed by atoms with Crippen molar-refractivity contribution in [2.75, 3.05) is 20.2 Å². The lowest BCUT2D eigenvalue weighted by Gasteiger charge is -2.35. The van der Waals surface area contributed by atoms with Gasteiger partial charge in [0, 0.05) is 25.2 Å². The third-order valence-corrected chi connectivity index (χ3v) is 5.08. The van der Waals surface area contributed by atoms with Crippen molar-refractivity contribution in [3.8, 4) is 5.75 Å². The minimum Gasteiger partial charge on any atom is -0.495 e. The molecule has 0 bridgehead atoms. The first kappa shape index (κ1) is 14.3. The molecule has 2 atom stereocenters. The Morgan fingerprint density at radius 1 is 1.21 bits per heavy atom. The maximum absolute atomic E-state index is 12.7. The highest BCUT2D eigenvalue weighted by molar-refractivity contribution is 7.89. The average Bonchev–Trinajstić information content (AvgIpc) is 2.37. The van der Waals surface area contributed by atoms with Gasteiger partial charge in [-0.2, -0.15) is 4.31 Å². The molecule has 0 saturated carbocycles. The first-order valence-electron chi connectivity index (χ1n) is 6.34. The molecule has 6 heteroatoms. The van der Waals surface area contributed by atoms with Gasteiger partial charge in [0.2, 0.25) is 10.0 Å². The van der Waals surface area contributed by atoms with Crippen LogP contribution in [0.25, 0.3) is 0 Å². The highest BCUT2D eigenvalue weighted by Crippen LogP contribution is 2.27. The molecule has 1 aromatic rings. The molecule has 1 saturated heterocycles. The molecule has 5 nitrogen and oxygen atoms in total. The van der Waals surface area contributed by atoms with Crippen molar-refractivity contribution in [2.24, 2.45) is 0 Å². The molecule has 106 valence electrons. The standard InChI is InChI=1S/C13H20N2O3S/c1-10-8-15(9-11(2)14-10)19(16,17)13-7-5-4-6-12(13)18-3/h4-7,10-11,14H,8-9H2,1-3H3. The van der Waals surface area contributed by atoms with Gasteiger partial charge >= 0.3 is 0 Å². The second-order valence-electron chi connectivity index (χ2n) is 4.94. The van der Waals surface area contributed by atoms with Crippen LogP contribution in [0, 0.1) is 0 Å². The van der Waals surface area contributed by atoms with E-state index in [0.717, 1.165) is 0 Å². The maximum atomic E-state index is 12.7. The van der Waals surface area contributed by atoms with E-state index < -0.39 is 10.0 Å². The number of piperazine rings is 1. The normalized spacial score (nSPS) is 25.2. The topological polar surface area (TPSA) is 58.6 Å². The van der Waals surface area contributed by atoms with Crippen LogP contribution in [0.5, 0.6) is 5.75 Å². The summed E-state index contributed by atoms with van der Waals surface area (Å²) in [7, 11) is -2.02. The fourth-order valence-corrected chi connectivity index (χ4v) is 4.22. The quantitative estimate of drug-likeness (QED) is 0.902. The van der Waals surface area contributed by atoms with Crippen LogP contribution in [0.1, 0.15) is 13.8 Å². The highest BCUT2D eigenvalue weighted by Gasteiger charge is 2.32. The molecule has 1 N–H and O–H groups in total. The fraction of sp³-hybridized carbons (Fsp3) is 0.538. The van der Waals surface area contributed by atoms with Crippen molar-refractivity contribution in [1.29, 1.82) is 0 Å². The third kappa shape index (κ3) is 2.91. The van der Waals surface area contributed by atoms with E-state index in [9.17, 15) is 8.42 Å². The number of benzene rings is 1. The van der Waals surface area contributed by atoms with Gasteiger partial charge in [0.15, 0.2) is 0 Å². The average molecular weight is 284 g/mol. The Hall–Kier alpha value is -1.11. The number of ether oxygens (including phenoxy) is 1. The van der Waals surface area contributed by atoms with Gasteiger partial charge < -0.3 is 10.1 Å². The van der Waals surface area contributed by atoms with Crippen molar-refractivity contribution in [1.82, 2.24) is 9.62 Å². The first-order chi connectivity index (χ1) is 8.95.